The van der Waals surface area contributed by atoms with Crippen molar-refractivity contribution in [3.63, 3.8) is 0 Å². The third-order valence-electron chi connectivity index (χ3n) is 4.81. The van der Waals surface area contributed by atoms with Gasteiger partial charge in [0, 0.05) is 25.5 Å². The van der Waals surface area contributed by atoms with Gasteiger partial charge in [-0.05, 0) is 29.3 Å². The van der Waals surface area contributed by atoms with E-state index in [0.29, 0.717) is 23.4 Å². The Morgan fingerprint density at radius 3 is 2.58 bits per heavy atom. The lowest BCUT2D eigenvalue weighted by Gasteiger charge is -2.15. The lowest BCUT2D eigenvalue weighted by molar-refractivity contribution is -0.122. The minimum Gasteiger partial charge on any atom is -0.442 e. The molecule has 3 N–H and O–H groups in total. The molecule has 0 saturated carbocycles. The third-order valence-corrected chi connectivity index (χ3v) is 4.81. The van der Waals surface area contributed by atoms with Gasteiger partial charge in [-0.25, -0.2) is 9.18 Å². The molecule has 0 aliphatic carbocycles. The van der Waals surface area contributed by atoms with Gasteiger partial charge in [-0.2, -0.15) is 0 Å². The molecule has 0 spiro atoms. The van der Waals surface area contributed by atoms with Crippen molar-refractivity contribution in [3.05, 3.63) is 53.8 Å². The molecular weight excluding hydrogens is 405 g/mol. The van der Waals surface area contributed by atoms with E-state index in [1.54, 1.807) is 36.4 Å². The number of carbonyl (C=O) groups is 3. The summed E-state index contributed by atoms with van der Waals surface area (Å²) in [6.07, 6.45) is -1.03. The molecule has 1 aliphatic heterocycles. The molecule has 1 atom stereocenters. The van der Waals surface area contributed by atoms with Crippen LogP contribution in [0.15, 0.2) is 42.5 Å². The molecule has 0 aromatic heterocycles. The number of anilines is 1. The van der Waals surface area contributed by atoms with Crippen LogP contribution in [0, 0.1) is 5.82 Å². The van der Waals surface area contributed by atoms with Gasteiger partial charge >= 0.3 is 6.09 Å². The van der Waals surface area contributed by atoms with Crippen molar-refractivity contribution in [1.82, 2.24) is 10.6 Å². The molecule has 0 bridgehead atoms. The van der Waals surface area contributed by atoms with E-state index in [2.05, 4.69) is 10.6 Å². The zero-order valence-corrected chi connectivity index (χ0v) is 17.1. The summed E-state index contributed by atoms with van der Waals surface area (Å²) >= 11 is 0. The topological polar surface area (TPSA) is 108 Å². The normalized spacial score (nSPS) is 15.5. The maximum atomic E-state index is 14.8. The Hall–Kier alpha value is -3.46. The van der Waals surface area contributed by atoms with Crippen LogP contribution in [-0.2, 0) is 20.9 Å². The fourth-order valence-electron chi connectivity index (χ4n) is 3.19. The van der Waals surface area contributed by atoms with E-state index in [0.717, 1.165) is 5.56 Å². The van der Waals surface area contributed by atoms with Crippen molar-refractivity contribution in [3.8, 4) is 11.1 Å². The Bertz CT molecular complexity index is 964. The van der Waals surface area contributed by atoms with Crippen molar-refractivity contribution >= 4 is 23.6 Å². The Morgan fingerprint density at radius 2 is 1.94 bits per heavy atom. The second-order valence-corrected chi connectivity index (χ2v) is 7.16. The molecule has 9 heteroatoms. The Kier molecular flexibility index (Phi) is 7.19. The van der Waals surface area contributed by atoms with Crippen molar-refractivity contribution < 1.29 is 28.6 Å². The molecular formula is C22H24FN3O5. The standard InChI is InChI=1S/C22H24FN3O5/c1-14(28)24-12-18-13-26(22(30)31-18)17-6-7-19(20(23)10-17)16-4-2-15(3-5-16)11-25-21(29)8-9-27/h2-7,10,18,27H,8-9,11-13H2,1H3,(H,24,28)(H,25,29)/t18-/m0/s1. The fourth-order valence-corrected chi connectivity index (χ4v) is 3.19. The number of hydrogen-bond acceptors (Lipinski definition) is 5. The molecule has 0 unspecified atom stereocenters. The van der Waals surface area contributed by atoms with Crippen LogP contribution in [0.2, 0.25) is 0 Å². The molecule has 1 fully saturated rings. The number of cyclic esters (lactones) is 1. The van der Waals surface area contributed by atoms with E-state index >= 15 is 0 Å². The van der Waals surface area contributed by atoms with Gasteiger partial charge in [0.2, 0.25) is 11.8 Å². The van der Waals surface area contributed by atoms with Crippen molar-refractivity contribution in [2.24, 2.45) is 0 Å². The second kappa shape index (κ2) is 10.0. The summed E-state index contributed by atoms with van der Waals surface area (Å²) in [5, 5.41) is 14.0. The Labute approximate surface area is 179 Å². The second-order valence-electron chi connectivity index (χ2n) is 7.16. The minimum absolute atomic E-state index is 0.0498. The molecule has 0 radical (unpaired) electrons. The number of amides is 3. The first kappa shape index (κ1) is 22.2. The summed E-state index contributed by atoms with van der Waals surface area (Å²) in [6, 6.07) is 11.6. The number of halogens is 1. The van der Waals surface area contributed by atoms with Crippen LogP contribution < -0.4 is 15.5 Å². The molecule has 8 nitrogen and oxygen atoms in total. The van der Waals surface area contributed by atoms with Gasteiger partial charge in [0.25, 0.3) is 0 Å². The van der Waals surface area contributed by atoms with E-state index in [-0.39, 0.29) is 37.9 Å². The SMILES string of the molecule is CC(=O)NC[C@H]1CN(c2ccc(-c3ccc(CNC(=O)CCO)cc3)c(F)c2)C(=O)O1. The fraction of sp³-hybridized carbons (Fsp3) is 0.318. The molecule has 1 aliphatic rings. The van der Waals surface area contributed by atoms with Gasteiger partial charge < -0.3 is 20.5 Å². The van der Waals surface area contributed by atoms with E-state index in [1.807, 2.05) is 0 Å². The van der Waals surface area contributed by atoms with Crippen LogP contribution in [0.5, 0.6) is 0 Å². The summed E-state index contributed by atoms with van der Waals surface area (Å²) in [5.41, 5.74) is 2.25. The van der Waals surface area contributed by atoms with Crippen molar-refractivity contribution in [2.75, 3.05) is 24.6 Å². The van der Waals surface area contributed by atoms with Crippen LogP contribution in [0.1, 0.15) is 18.9 Å². The first-order valence-electron chi connectivity index (χ1n) is 9.86. The minimum atomic E-state index is -0.588. The molecule has 3 rings (SSSR count). The highest BCUT2D eigenvalue weighted by Crippen LogP contribution is 2.29. The van der Waals surface area contributed by atoms with E-state index in [9.17, 15) is 18.8 Å². The number of carbonyl (C=O) groups excluding carboxylic acids is 3. The largest absolute Gasteiger partial charge is 0.442 e. The lowest BCUT2D eigenvalue weighted by Crippen LogP contribution is -2.33. The van der Waals surface area contributed by atoms with Gasteiger partial charge in [-0.15, -0.1) is 0 Å². The van der Waals surface area contributed by atoms with E-state index in [4.69, 9.17) is 9.84 Å². The summed E-state index contributed by atoms with van der Waals surface area (Å²) in [5.74, 6) is -0.948. The number of hydrogen-bond donors (Lipinski definition) is 3. The van der Waals surface area contributed by atoms with Crippen LogP contribution >= 0.6 is 0 Å². The van der Waals surface area contributed by atoms with Gasteiger partial charge in [0.05, 0.1) is 25.4 Å². The molecule has 31 heavy (non-hydrogen) atoms. The lowest BCUT2D eigenvalue weighted by atomic mass is 10.0. The van der Waals surface area contributed by atoms with Gasteiger partial charge in [0.1, 0.15) is 11.9 Å². The Morgan fingerprint density at radius 1 is 1.19 bits per heavy atom. The first-order valence-corrected chi connectivity index (χ1v) is 9.86. The van der Waals surface area contributed by atoms with Gasteiger partial charge in [-0.1, -0.05) is 24.3 Å². The quantitative estimate of drug-likeness (QED) is 0.595. The molecule has 164 valence electrons. The summed E-state index contributed by atoms with van der Waals surface area (Å²) in [4.78, 5) is 35.9. The number of aliphatic hydroxyl groups excluding tert-OH is 1. The molecule has 3 amide bonds. The molecule has 2 aromatic carbocycles. The highest BCUT2D eigenvalue weighted by atomic mass is 19.1. The average molecular weight is 429 g/mol. The summed E-state index contributed by atoms with van der Waals surface area (Å²) in [6.45, 7) is 1.91. The maximum absolute atomic E-state index is 14.8. The number of nitrogens with one attached hydrogen (secondary N) is 2. The average Bonchev–Trinajstić information content (AvgIpc) is 3.12. The number of rotatable bonds is 8. The highest BCUT2D eigenvalue weighted by molar-refractivity contribution is 5.90. The smallest absolute Gasteiger partial charge is 0.414 e. The number of benzene rings is 2. The van der Waals surface area contributed by atoms with Gasteiger partial charge in [0.15, 0.2) is 0 Å². The van der Waals surface area contributed by atoms with E-state index in [1.165, 1.54) is 17.9 Å². The third kappa shape index (κ3) is 5.79. The Balaban J connectivity index is 1.66. The van der Waals surface area contributed by atoms with Crippen LogP contribution in [0.25, 0.3) is 11.1 Å². The van der Waals surface area contributed by atoms with Crippen LogP contribution in [0.3, 0.4) is 0 Å². The number of nitrogens with zero attached hydrogens (tertiary/aromatic N) is 1. The predicted octanol–water partition coefficient (Wildman–Crippen LogP) is 1.95. The number of ether oxygens (including phenoxy) is 1. The molecule has 2 aromatic rings. The predicted molar refractivity (Wildman–Crippen MR) is 112 cm³/mol. The first-order chi connectivity index (χ1) is 14.9. The monoisotopic (exact) mass is 429 g/mol. The summed E-state index contributed by atoms with van der Waals surface area (Å²) < 4.78 is 20.0. The van der Waals surface area contributed by atoms with Crippen molar-refractivity contribution in [2.45, 2.75) is 26.0 Å². The number of aliphatic hydroxyl groups is 1. The van der Waals surface area contributed by atoms with E-state index < -0.39 is 18.0 Å². The molecule has 1 heterocycles. The molecule has 1 saturated heterocycles. The van der Waals surface area contributed by atoms with Crippen molar-refractivity contribution in [1.29, 1.82) is 0 Å². The van der Waals surface area contributed by atoms with Crippen LogP contribution in [0.4, 0.5) is 14.9 Å². The zero-order valence-electron chi connectivity index (χ0n) is 17.1. The highest BCUT2D eigenvalue weighted by Gasteiger charge is 2.32. The van der Waals surface area contributed by atoms with Gasteiger partial charge in [-0.3, -0.25) is 14.5 Å². The summed E-state index contributed by atoms with van der Waals surface area (Å²) in [7, 11) is 0. The van der Waals surface area contributed by atoms with Crippen LogP contribution in [-0.4, -0.2) is 48.8 Å². The maximum Gasteiger partial charge on any atom is 0.414 e. The zero-order chi connectivity index (χ0) is 22.4.